The molecule has 1 aliphatic rings. The van der Waals surface area contributed by atoms with Crippen LogP contribution in [0.3, 0.4) is 0 Å². The van der Waals surface area contributed by atoms with Gasteiger partial charge in [-0.05, 0) is 13.0 Å². The Labute approximate surface area is 179 Å². The molecule has 1 aromatic carbocycles. The second-order valence-electron chi connectivity index (χ2n) is 7.71. The molecule has 31 heavy (non-hydrogen) atoms. The first-order valence-electron chi connectivity index (χ1n) is 10.0. The molecule has 0 N–H and O–H groups in total. The molecule has 0 unspecified atom stereocenters. The molecule has 0 saturated carbocycles. The fraction of sp³-hybridized carbons (Fsp3) is 0.261. The van der Waals surface area contributed by atoms with E-state index in [-0.39, 0.29) is 5.56 Å². The molecule has 0 aliphatic carbocycles. The highest BCUT2D eigenvalue weighted by Gasteiger charge is 2.24. The average molecular weight is 417 g/mol. The van der Waals surface area contributed by atoms with E-state index in [9.17, 15) is 4.79 Å². The minimum absolute atomic E-state index is 0.0168. The van der Waals surface area contributed by atoms with Crippen molar-refractivity contribution in [2.75, 3.05) is 25.2 Å². The molecule has 4 heterocycles. The van der Waals surface area contributed by atoms with Crippen LogP contribution in [0.5, 0.6) is 11.5 Å². The highest BCUT2D eigenvalue weighted by Crippen LogP contribution is 2.42. The molecule has 0 fully saturated rings. The molecule has 4 aromatic rings. The van der Waals surface area contributed by atoms with Gasteiger partial charge in [-0.2, -0.15) is 5.10 Å². The second-order valence-corrected chi connectivity index (χ2v) is 7.71. The third-order valence-electron chi connectivity index (χ3n) is 5.71. The summed E-state index contributed by atoms with van der Waals surface area (Å²) in [4.78, 5) is 19.3. The number of benzene rings is 1. The number of aryl methyl sites for hydroxylation is 3. The summed E-state index contributed by atoms with van der Waals surface area (Å²) in [6.45, 7) is 3.03. The summed E-state index contributed by atoms with van der Waals surface area (Å²) in [6.07, 6.45) is 5.54. The Kier molecular flexibility index (Phi) is 4.43. The molecule has 0 atom stereocenters. The SMILES string of the molecule is COc1cc(N2CCOc3cc(-c4cnn(C)c4)ncc32)c2cc(C)c(=O)n(C)c2c1. The van der Waals surface area contributed by atoms with Gasteiger partial charge in [-0.15, -0.1) is 0 Å². The van der Waals surface area contributed by atoms with E-state index in [2.05, 4.69) is 15.0 Å². The van der Waals surface area contributed by atoms with Crippen LogP contribution in [0.4, 0.5) is 11.4 Å². The van der Waals surface area contributed by atoms with Gasteiger partial charge in [0, 0.05) is 55.0 Å². The summed E-state index contributed by atoms with van der Waals surface area (Å²) in [7, 11) is 5.30. The lowest BCUT2D eigenvalue weighted by Crippen LogP contribution is -2.29. The van der Waals surface area contributed by atoms with E-state index in [1.807, 2.05) is 50.6 Å². The quantitative estimate of drug-likeness (QED) is 0.510. The van der Waals surface area contributed by atoms with Gasteiger partial charge in [0.05, 0.1) is 42.9 Å². The molecule has 0 saturated heterocycles. The second kappa shape index (κ2) is 7.16. The summed E-state index contributed by atoms with van der Waals surface area (Å²) >= 11 is 0. The Hall–Kier alpha value is -3.81. The maximum atomic E-state index is 12.5. The summed E-state index contributed by atoms with van der Waals surface area (Å²) in [6, 6.07) is 7.78. The van der Waals surface area contributed by atoms with Gasteiger partial charge in [0.2, 0.25) is 0 Å². The normalized spacial score (nSPS) is 13.2. The Morgan fingerprint density at radius 2 is 1.94 bits per heavy atom. The van der Waals surface area contributed by atoms with Crippen LogP contribution in [0, 0.1) is 6.92 Å². The van der Waals surface area contributed by atoms with Crippen LogP contribution in [0.25, 0.3) is 22.2 Å². The van der Waals surface area contributed by atoms with Crippen molar-refractivity contribution >= 4 is 22.3 Å². The molecule has 0 spiro atoms. The van der Waals surface area contributed by atoms with Crippen molar-refractivity contribution in [3.63, 3.8) is 0 Å². The number of nitrogens with zero attached hydrogens (tertiary/aromatic N) is 5. The van der Waals surface area contributed by atoms with Crippen LogP contribution < -0.4 is 19.9 Å². The fourth-order valence-electron chi connectivity index (χ4n) is 4.09. The highest BCUT2D eigenvalue weighted by atomic mass is 16.5. The van der Waals surface area contributed by atoms with Crippen molar-refractivity contribution < 1.29 is 9.47 Å². The summed E-state index contributed by atoms with van der Waals surface area (Å²) < 4.78 is 14.9. The molecule has 8 nitrogen and oxygen atoms in total. The molecule has 1 aliphatic heterocycles. The Balaban J connectivity index is 1.69. The van der Waals surface area contributed by atoms with Gasteiger partial charge in [0.15, 0.2) is 0 Å². The molecule has 0 radical (unpaired) electrons. The number of aromatic nitrogens is 4. The summed E-state index contributed by atoms with van der Waals surface area (Å²) in [5.74, 6) is 1.45. The van der Waals surface area contributed by atoms with E-state index < -0.39 is 0 Å². The van der Waals surface area contributed by atoms with Gasteiger partial charge in [-0.3, -0.25) is 14.5 Å². The van der Waals surface area contributed by atoms with E-state index in [4.69, 9.17) is 9.47 Å². The first-order chi connectivity index (χ1) is 15.0. The van der Waals surface area contributed by atoms with Gasteiger partial charge >= 0.3 is 0 Å². The third-order valence-corrected chi connectivity index (χ3v) is 5.71. The number of fused-ring (bicyclic) bond motifs is 2. The van der Waals surface area contributed by atoms with Crippen molar-refractivity contribution in [2.24, 2.45) is 14.1 Å². The number of ether oxygens (including phenoxy) is 2. The van der Waals surface area contributed by atoms with E-state index in [0.717, 1.165) is 39.3 Å². The molecular weight excluding hydrogens is 394 g/mol. The topological polar surface area (TPSA) is 74.4 Å². The van der Waals surface area contributed by atoms with Crippen LogP contribution in [0.15, 0.2) is 47.7 Å². The molecule has 8 heteroatoms. The minimum atomic E-state index is -0.0168. The Morgan fingerprint density at radius 3 is 2.68 bits per heavy atom. The van der Waals surface area contributed by atoms with Gasteiger partial charge in [-0.1, -0.05) is 0 Å². The van der Waals surface area contributed by atoms with E-state index in [1.54, 1.807) is 29.6 Å². The number of methoxy groups -OCH3 is 1. The molecule has 0 bridgehead atoms. The summed E-state index contributed by atoms with van der Waals surface area (Å²) in [5, 5.41) is 5.20. The van der Waals surface area contributed by atoms with Gasteiger partial charge < -0.3 is 18.9 Å². The highest BCUT2D eigenvalue weighted by molar-refractivity contribution is 5.96. The third kappa shape index (κ3) is 3.11. The van der Waals surface area contributed by atoms with E-state index >= 15 is 0 Å². The zero-order valence-electron chi connectivity index (χ0n) is 17.9. The smallest absolute Gasteiger partial charge is 0.253 e. The molecule has 5 rings (SSSR count). The molecule has 158 valence electrons. The van der Waals surface area contributed by atoms with E-state index in [0.29, 0.717) is 24.5 Å². The predicted octanol–water partition coefficient (Wildman–Crippen LogP) is 3.18. The number of hydrogen-bond acceptors (Lipinski definition) is 6. The maximum Gasteiger partial charge on any atom is 0.253 e. The van der Waals surface area contributed by atoms with Gasteiger partial charge in [0.1, 0.15) is 23.8 Å². The fourth-order valence-corrected chi connectivity index (χ4v) is 4.09. The van der Waals surface area contributed by atoms with Crippen molar-refractivity contribution in [1.82, 2.24) is 19.3 Å². The first-order valence-corrected chi connectivity index (χ1v) is 10.0. The largest absolute Gasteiger partial charge is 0.497 e. The minimum Gasteiger partial charge on any atom is -0.497 e. The van der Waals surface area contributed by atoms with Crippen molar-refractivity contribution in [3.05, 3.63) is 58.8 Å². The van der Waals surface area contributed by atoms with E-state index in [1.165, 1.54) is 0 Å². The monoisotopic (exact) mass is 417 g/mol. The number of anilines is 2. The molecular formula is C23H23N5O3. The van der Waals surface area contributed by atoms with Crippen molar-refractivity contribution in [2.45, 2.75) is 6.92 Å². The lowest BCUT2D eigenvalue weighted by molar-refractivity contribution is 0.314. The molecule has 3 aromatic heterocycles. The van der Waals surface area contributed by atoms with Gasteiger partial charge in [-0.25, -0.2) is 0 Å². The first kappa shape index (κ1) is 19.2. The number of pyridine rings is 2. The standard InChI is InChI=1S/C23H23N5O3/c1-14-7-17-19(27(3)23(14)29)8-16(30-4)9-20(17)28-5-6-31-22-10-18(24-12-21(22)28)15-11-25-26(2)13-15/h7-13H,5-6H2,1-4H3. The lowest BCUT2D eigenvalue weighted by Gasteiger charge is -2.32. The number of rotatable bonds is 3. The maximum absolute atomic E-state index is 12.5. The predicted molar refractivity (Wildman–Crippen MR) is 119 cm³/mol. The zero-order valence-corrected chi connectivity index (χ0v) is 17.9. The lowest BCUT2D eigenvalue weighted by atomic mass is 10.1. The van der Waals surface area contributed by atoms with Crippen LogP contribution >= 0.6 is 0 Å². The zero-order chi connectivity index (χ0) is 21.7. The number of hydrogen-bond donors (Lipinski definition) is 0. The van der Waals surface area contributed by atoms with Gasteiger partial charge in [0.25, 0.3) is 5.56 Å². The van der Waals surface area contributed by atoms with Crippen LogP contribution in [-0.2, 0) is 14.1 Å². The Morgan fingerprint density at radius 1 is 1.10 bits per heavy atom. The van der Waals surface area contributed by atoms with Crippen molar-refractivity contribution in [1.29, 1.82) is 0 Å². The summed E-state index contributed by atoms with van der Waals surface area (Å²) in [5.41, 5.74) is 5.06. The van der Waals surface area contributed by atoms with Crippen LogP contribution in [0.2, 0.25) is 0 Å². The van der Waals surface area contributed by atoms with Crippen molar-refractivity contribution in [3.8, 4) is 22.8 Å². The average Bonchev–Trinajstić information content (AvgIpc) is 3.22. The van der Waals surface area contributed by atoms with Crippen LogP contribution in [-0.4, -0.2) is 39.6 Å². The van der Waals surface area contributed by atoms with Crippen LogP contribution in [0.1, 0.15) is 5.56 Å². The Bertz CT molecular complexity index is 1370. The molecule has 0 amide bonds.